The minimum Gasteiger partial charge on any atom is -0.468 e. The molecule has 0 fully saturated rings. The summed E-state index contributed by atoms with van der Waals surface area (Å²) in [5.41, 5.74) is 6.03. The number of carbonyl (C=O) groups is 5. The molecule has 1 rings (SSSR count). The van der Waals surface area contributed by atoms with Gasteiger partial charge < -0.3 is 25.8 Å². The fourth-order valence-electron chi connectivity index (χ4n) is 2.57. The number of hydrogen-bond donors (Lipinski definition) is 3. The van der Waals surface area contributed by atoms with E-state index in [1.807, 2.05) is 0 Å². The van der Waals surface area contributed by atoms with Crippen LogP contribution in [0.5, 0.6) is 0 Å². The molecule has 0 aliphatic heterocycles. The summed E-state index contributed by atoms with van der Waals surface area (Å²) >= 11 is 0. The van der Waals surface area contributed by atoms with Crippen LogP contribution in [0.2, 0.25) is 0 Å². The van der Waals surface area contributed by atoms with Crippen LogP contribution >= 0.6 is 0 Å². The number of methoxy groups -OCH3 is 2. The summed E-state index contributed by atoms with van der Waals surface area (Å²) in [6, 6.07) is 4.53. The standard InChI is InChI=1S/C18H23N3O7/c1-9(13(17(25)27-3)18(26)28-4)14(15(19)23)21-16(24)11-5-7-12(8-6-11)20-10(2)22/h5-9,13-14H,1-4H3,(H2,19,23)(H,20,22)(H,21,24)/t9-,14+/m1/s1. The van der Waals surface area contributed by atoms with Gasteiger partial charge in [-0.3, -0.25) is 24.0 Å². The molecule has 0 aromatic heterocycles. The van der Waals surface area contributed by atoms with Crippen LogP contribution in [0.1, 0.15) is 24.2 Å². The number of rotatable bonds is 8. The second-order valence-corrected chi connectivity index (χ2v) is 6.00. The van der Waals surface area contributed by atoms with Crippen LogP contribution in [0.4, 0.5) is 5.69 Å². The third-order valence-corrected chi connectivity index (χ3v) is 4.02. The highest BCUT2D eigenvalue weighted by atomic mass is 16.5. The SMILES string of the molecule is COC(=O)C(C(=O)OC)[C@@H](C)[C@H](NC(=O)c1ccc(NC(C)=O)cc1)C(N)=O. The fourth-order valence-corrected chi connectivity index (χ4v) is 2.57. The fraction of sp³-hybridized carbons (Fsp3) is 0.389. The summed E-state index contributed by atoms with van der Waals surface area (Å²) in [5.74, 6) is -6.17. The molecule has 1 aromatic rings. The van der Waals surface area contributed by atoms with Crippen molar-refractivity contribution in [3.05, 3.63) is 29.8 Å². The molecule has 0 bridgehead atoms. The van der Waals surface area contributed by atoms with Crippen LogP contribution in [-0.4, -0.2) is 49.9 Å². The highest BCUT2D eigenvalue weighted by Gasteiger charge is 2.41. The third kappa shape index (κ3) is 5.79. The summed E-state index contributed by atoms with van der Waals surface area (Å²) in [6.45, 7) is 2.74. The second-order valence-electron chi connectivity index (χ2n) is 6.00. The minimum absolute atomic E-state index is 0.181. The van der Waals surface area contributed by atoms with Gasteiger partial charge >= 0.3 is 11.9 Å². The van der Waals surface area contributed by atoms with E-state index in [9.17, 15) is 24.0 Å². The molecule has 0 saturated carbocycles. The number of esters is 2. The summed E-state index contributed by atoms with van der Waals surface area (Å²) in [4.78, 5) is 59.2. The molecule has 0 spiro atoms. The zero-order valence-corrected chi connectivity index (χ0v) is 16.0. The van der Waals surface area contributed by atoms with Gasteiger partial charge in [-0.1, -0.05) is 6.92 Å². The maximum atomic E-state index is 12.5. The van der Waals surface area contributed by atoms with Crippen molar-refractivity contribution in [3.63, 3.8) is 0 Å². The number of benzene rings is 1. The first-order valence-electron chi connectivity index (χ1n) is 8.25. The number of carbonyl (C=O) groups excluding carboxylic acids is 5. The highest BCUT2D eigenvalue weighted by Crippen LogP contribution is 2.20. The van der Waals surface area contributed by atoms with Gasteiger partial charge in [0.2, 0.25) is 11.8 Å². The average Bonchev–Trinajstić information content (AvgIpc) is 2.65. The van der Waals surface area contributed by atoms with Crippen LogP contribution in [0.15, 0.2) is 24.3 Å². The zero-order valence-electron chi connectivity index (χ0n) is 16.0. The summed E-state index contributed by atoms with van der Waals surface area (Å²) in [7, 11) is 2.17. The Morgan fingerprint density at radius 1 is 0.964 bits per heavy atom. The molecule has 1 aromatic carbocycles. The first kappa shape index (κ1) is 22.6. The Labute approximate surface area is 161 Å². The van der Waals surface area contributed by atoms with Gasteiger partial charge in [-0.2, -0.15) is 0 Å². The van der Waals surface area contributed by atoms with Crippen molar-refractivity contribution >= 4 is 35.3 Å². The number of hydrogen-bond acceptors (Lipinski definition) is 7. The molecule has 4 N–H and O–H groups in total. The van der Waals surface area contributed by atoms with Crippen molar-refractivity contribution in [2.75, 3.05) is 19.5 Å². The highest BCUT2D eigenvalue weighted by molar-refractivity contribution is 6.00. The molecule has 0 unspecified atom stereocenters. The second kappa shape index (κ2) is 10.0. The molecule has 152 valence electrons. The number of anilines is 1. The Balaban J connectivity index is 3.03. The van der Waals surface area contributed by atoms with E-state index < -0.39 is 41.6 Å². The molecule has 2 atom stereocenters. The van der Waals surface area contributed by atoms with E-state index in [0.717, 1.165) is 14.2 Å². The van der Waals surface area contributed by atoms with Crippen molar-refractivity contribution in [2.45, 2.75) is 19.9 Å². The first-order valence-corrected chi connectivity index (χ1v) is 8.25. The molecule has 0 aliphatic rings. The lowest BCUT2D eigenvalue weighted by atomic mass is 9.86. The maximum Gasteiger partial charge on any atom is 0.320 e. The molecule has 3 amide bonds. The Morgan fingerprint density at radius 3 is 1.86 bits per heavy atom. The quantitative estimate of drug-likeness (QED) is 0.409. The summed E-state index contributed by atoms with van der Waals surface area (Å²) < 4.78 is 9.16. The lowest BCUT2D eigenvalue weighted by Crippen LogP contribution is -2.52. The maximum absolute atomic E-state index is 12.5. The first-order chi connectivity index (χ1) is 13.1. The molecule has 0 radical (unpaired) electrons. The van der Waals surface area contributed by atoms with Gasteiger partial charge in [0.05, 0.1) is 14.2 Å². The predicted octanol–water partition coefficient (Wildman–Crippen LogP) is -0.173. The van der Waals surface area contributed by atoms with Gasteiger partial charge in [-0.05, 0) is 24.3 Å². The monoisotopic (exact) mass is 393 g/mol. The number of ether oxygens (including phenoxy) is 2. The number of amides is 3. The normalized spacial score (nSPS) is 12.5. The summed E-state index contributed by atoms with van der Waals surface area (Å²) in [6.07, 6.45) is 0. The minimum atomic E-state index is -1.45. The van der Waals surface area contributed by atoms with Gasteiger partial charge in [0.15, 0.2) is 5.92 Å². The number of primary amides is 1. The van der Waals surface area contributed by atoms with Crippen LogP contribution in [0, 0.1) is 11.8 Å². The Morgan fingerprint density at radius 2 is 1.46 bits per heavy atom. The van der Waals surface area contributed by atoms with E-state index in [1.165, 1.54) is 38.1 Å². The van der Waals surface area contributed by atoms with Gasteiger partial charge in [0.1, 0.15) is 6.04 Å². The molecule has 28 heavy (non-hydrogen) atoms. The van der Waals surface area contributed by atoms with Gasteiger partial charge in [-0.25, -0.2) is 0 Å². The van der Waals surface area contributed by atoms with E-state index >= 15 is 0 Å². The Hall–Kier alpha value is -3.43. The van der Waals surface area contributed by atoms with Crippen molar-refractivity contribution in [1.29, 1.82) is 0 Å². The predicted molar refractivity (Wildman–Crippen MR) is 97.9 cm³/mol. The topological polar surface area (TPSA) is 154 Å². The molecular weight excluding hydrogens is 370 g/mol. The summed E-state index contributed by atoms with van der Waals surface area (Å²) in [5, 5.41) is 4.97. The molecular formula is C18H23N3O7. The number of nitrogens with two attached hydrogens (primary N) is 1. The zero-order chi connectivity index (χ0) is 21.4. The van der Waals surface area contributed by atoms with E-state index in [1.54, 1.807) is 0 Å². The molecule has 10 heteroatoms. The third-order valence-electron chi connectivity index (χ3n) is 4.02. The number of nitrogens with one attached hydrogen (secondary N) is 2. The van der Waals surface area contributed by atoms with Crippen molar-refractivity contribution in [1.82, 2.24) is 5.32 Å². The lowest BCUT2D eigenvalue weighted by molar-refractivity contribution is -0.162. The van der Waals surface area contributed by atoms with Crippen LogP contribution in [0.25, 0.3) is 0 Å². The van der Waals surface area contributed by atoms with E-state index in [2.05, 4.69) is 20.1 Å². The van der Waals surface area contributed by atoms with E-state index in [4.69, 9.17) is 5.73 Å². The van der Waals surface area contributed by atoms with Crippen LogP contribution in [-0.2, 0) is 28.7 Å². The molecule has 0 heterocycles. The van der Waals surface area contributed by atoms with E-state index in [-0.39, 0.29) is 11.5 Å². The Bertz CT molecular complexity index is 745. The lowest BCUT2D eigenvalue weighted by Gasteiger charge is -2.26. The van der Waals surface area contributed by atoms with Crippen LogP contribution in [0.3, 0.4) is 0 Å². The largest absolute Gasteiger partial charge is 0.468 e. The van der Waals surface area contributed by atoms with Crippen LogP contribution < -0.4 is 16.4 Å². The Kier molecular flexibility index (Phi) is 8.11. The smallest absolute Gasteiger partial charge is 0.320 e. The van der Waals surface area contributed by atoms with Gasteiger partial charge in [0, 0.05) is 24.1 Å². The van der Waals surface area contributed by atoms with Crippen molar-refractivity contribution in [3.8, 4) is 0 Å². The molecule has 10 nitrogen and oxygen atoms in total. The van der Waals surface area contributed by atoms with Gasteiger partial charge in [0.25, 0.3) is 5.91 Å². The van der Waals surface area contributed by atoms with Crippen molar-refractivity contribution < 1.29 is 33.4 Å². The molecule has 0 saturated heterocycles. The molecule has 0 aliphatic carbocycles. The average molecular weight is 393 g/mol. The van der Waals surface area contributed by atoms with Crippen molar-refractivity contribution in [2.24, 2.45) is 17.6 Å². The van der Waals surface area contributed by atoms with Gasteiger partial charge in [-0.15, -0.1) is 0 Å². The van der Waals surface area contributed by atoms with E-state index in [0.29, 0.717) is 5.69 Å².